The van der Waals surface area contributed by atoms with Crippen LogP contribution in [0.2, 0.25) is 0 Å². The van der Waals surface area contributed by atoms with E-state index in [1.54, 1.807) is 12.3 Å². The summed E-state index contributed by atoms with van der Waals surface area (Å²) >= 11 is 0. The first-order valence-electron chi connectivity index (χ1n) is 6.92. The van der Waals surface area contributed by atoms with Crippen molar-refractivity contribution in [3.63, 3.8) is 0 Å². The molecule has 22 heavy (non-hydrogen) atoms. The molecule has 114 valence electrons. The minimum absolute atomic E-state index is 0.117. The number of nitrogens with one attached hydrogen (secondary N) is 1. The van der Waals surface area contributed by atoms with Gasteiger partial charge in [-0.3, -0.25) is 13.6 Å². The minimum Gasteiger partial charge on any atom is -0.322 e. The first-order valence-corrected chi connectivity index (χ1v) is 8.47. The Kier molecular flexibility index (Phi) is 3.48. The Morgan fingerprint density at radius 1 is 1.18 bits per heavy atom. The molecule has 0 radical (unpaired) electrons. The molecule has 0 amide bonds. The fourth-order valence-corrected chi connectivity index (χ4v) is 3.80. The van der Waals surface area contributed by atoms with Gasteiger partial charge < -0.3 is 4.98 Å². The summed E-state index contributed by atoms with van der Waals surface area (Å²) in [5.41, 5.74) is 3.35. The Balaban J connectivity index is 2.35. The molecular formula is C16H17N3O2S. The SMILES string of the molecule is Cc1nc(C)n(-c2cc(C)c3[nH]c(=O)ccc3c2)c1S(C)=O. The number of H-pyrrole nitrogens is 1. The monoisotopic (exact) mass is 315 g/mol. The molecule has 0 bridgehead atoms. The summed E-state index contributed by atoms with van der Waals surface area (Å²) in [5.74, 6) is 0.797. The van der Waals surface area contributed by atoms with E-state index in [4.69, 9.17) is 0 Å². The molecule has 0 saturated carbocycles. The summed E-state index contributed by atoms with van der Waals surface area (Å²) in [6, 6.07) is 7.26. The largest absolute Gasteiger partial charge is 0.322 e. The zero-order chi connectivity index (χ0) is 16.0. The number of fused-ring (bicyclic) bond motifs is 1. The van der Waals surface area contributed by atoms with E-state index in [9.17, 15) is 9.00 Å². The number of aromatic nitrogens is 3. The quantitative estimate of drug-likeness (QED) is 0.789. The van der Waals surface area contributed by atoms with E-state index in [0.717, 1.165) is 33.7 Å². The second-order valence-electron chi connectivity index (χ2n) is 5.39. The van der Waals surface area contributed by atoms with Gasteiger partial charge in [-0.05, 0) is 44.5 Å². The average molecular weight is 315 g/mol. The Labute approximate surface area is 130 Å². The summed E-state index contributed by atoms with van der Waals surface area (Å²) in [7, 11) is -1.13. The summed E-state index contributed by atoms with van der Waals surface area (Å²) < 4.78 is 14.0. The van der Waals surface area contributed by atoms with Gasteiger partial charge in [0, 0.05) is 23.4 Å². The van der Waals surface area contributed by atoms with Crippen molar-refractivity contribution in [2.24, 2.45) is 0 Å². The van der Waals surface area contributed by atoms with Gasteiger partial charge in [-0.2, -0.15) is 0 Å². The van der Waals surface area contributed by atoms with Crippen molar-refractivity contribution in [3.05, 3.63) is 51.7 Å². The number of rotatable bonds is 2. The molecule has 0 spiro atoms. The molecule has 3 aromatic rings. The van der Waals surface area contributed by atoms with Crippen LogP contribution in [0.3, 0.4) is 0 Å². The molecule has 0 fully saturated rings. The van der Waals surface area contributed by atoms with Crippen molar-refractivity contribution in [2.45, 2.75) is 25.8 Å². The van der Waals surface area contributed by atoms with Crippen LogP contribution in [0, 0.1) is 20.8 Å². The molecule has 1 N–H and O–H groups in total. The summed E-state index contributed by atoms with van der Waals surface area (Å²) in [4.78, 5) is 18.8. The second kappa shape index (κ2) is 5.21. The molecule has 6 heteroatoms. The van der Waals surface area contributed by atoms with E-state index in [0.29, 0.717) is 5.03 Å². The zero-order valence-electron chi connectivity index (χ0n) is 12.9. The van der Waals surface area contributed by atoms with Crippen molar-refractivity contribution < 1.29 is 4.21 Å². The third-order valence-electron chi connectivity index (χ3n) is 3.71. The predicted molar refractivity (Wildman–Crippen MR) is 88.2 cm³/mol. The van der Waals surface area contributed by atoms with Crippen molar-refractivity contribution in [1.29, 1.82) is 0 Å². The smallest absolute Gasteiger partial charge is 0.248 e. The lowest BCUT2D eigenvalue weighted by Gasteiger charge is -2.12. The van der Waals surface area contributed by atoms with E-state index >= 15 is 0 Å². The van der Waals surface area contributed by atoms with Crippen LogP contribution < -0.4 is 5.56 Å². The lowest BCUT2D eigenvalue weighted by molar-refractivity contribution is 0.680. The van der Waals surface area contributed by atoms with Gasteiger partial charge in [0.2, 0.25) is 5.56 Å². The van der Waals surface area contributed by atoms with Crippen molar-refractivity contribution >= 4 is 21.7 Å². The maximum atomic E-state index is 12.1. The average Bonchev–Trinajstić information content (AvgIpc) is 2.74. The van der Waals surface area contributed by atoms with Gasteiger partial charge in [0.1, 0.15) is 10.9 Å². The van der Waals surface area contributed by atoms with Crippen molar-refractivity contribution in [1.82, 2.24) is 14.5 Å². The molecule has 1 unspecified atom stereocenters. The molecule has 1 aromatic carbocycles. The van der Waals surface area contributed by atoms with E-state index in [1.807, 2.05) is 37.5 Å². The highest BCUT2D eigenvalue weighted by atomic mass is 32.2. The zero-order valence-corrected chi connectivity index (χ0v) is 13.7. The van der Waals surface area contributed by atoms with Crippen LogP contribution >= 0.6 is 0 Å². The Hall–Kier alpha value is -2.21. The fraction of sp³-hybridized carbons (Fsp3) is 0.250. The van der Waals surface area contributed by atoms with Gasteiger partial charge >= 0.3 is 0 Å². The standard InChI is InChI=1S/C16H17N3O2S/c1-9-7-13(8-12-5-6-14(20)18-15(9)12)19-11(3)17-10(2)16(19)22(4)21/h5-8H,1-4H3,(H,18,20). The molecule has 2 aromatic heterocycles. The van der Waals surface area contributed by atoms with Gasteiger partial charge in [-0.1, -0.05) is 0 Å². The normalized spacial score (nSPS) is 12.7. The molecule has 0 aliphatic carbocycles. The van der Waals surface area contributed by atoms with Crippen LogP contribution in [0.4, 0.5) is 0 Å². The molecular weight excluding hydrogens is 298 g/mol. The molecule has 1 atom stereocenters. The van der Waals surface area contributed by atoms with Crippen LogP contribution in [0.25, 0.3) is 16.6 Å². The molecule has 3 rings (SSSR count). The molecule has 0 saturated heterocycles. The lowest BCUT2D eigenvalue weighted by Crippen LogP contribution is -2.07. The van der Waals surface area contributed by atoms with Gasteiger partial charge in [0.05, 0.1) is 22.0 Å². The summed E-state index contributed by atoms with van der Waals surface area (Å²) in [5, 5.41) is 1.65. The highest BCUT2D eigenvalue weighted by Gasteiger charge is 2.17. The van der Waals surface area contributed by atoms with Crippen LogP contribution in [0.1, 0.15) is 17.1 Å². The second-order valence-corrected chi connectivity index (χ2v) is 6.68. The lowest BCUT2D eigenvalue weighted by atomic mass is 10.1. The van der Waals surface area contributed by atoms with Gasteiger partial charge in [0.25, 0.3) is 0 Å². The fourth-order valence-electron chi connectivity index (χ4n) is 2.85. The predicted octanol–water partition coefficient (Wildman–Crippen LogP) is 2.38. The van der Waals surface area contributed by atoms with Gasteiger partial charge in [-0.25, -0.2) is 4.98 Å². The first-order chi connectivity index (χ1) is 10.4. The van der Waals surface area contributed by atoms with Crippen LogP contribution in [-0.4, -0.2) is 25.0 Å². The van der Waals surface area contributed by atoms with Crippen LogP contribution in [0.5, 0.6) is 0 Å². The van der Waals surface area contributed by atoms with E-state index in [-0.39, 0.29) is 5.56 Å². The highest BCUT2D eigenvalue weighted by molar-refractivity contribution is 7.84. The molecule has 2 heterocycles. The number of aryl methyl sites for hydroxylation is 3. The van der Waals surface area contributed by atoms with Crippen LogP contribution in [0.15, 0.2) is 34.1 Å². The summed E-state index contributed by atoms with van der Waals surface area (Å²) in [6.45, 7) is 5.71. The Bertz CT molecular complexity index is 969. The molecule has 5 nitrogen and oxygen atoms in total. The third-order valence-corrected chi connectivity index (χ3v) is 4.73. The van der Waals surface area contributed by atoms with Crippen LogP contribution in [-0.2, 0) is 10.8 Å². The third kappa shape index (κ3) is 2.29. The number of nitrogens with zero attached hydrogens (tertiary/aromatic N) is 2. The minimum atomic E-state index is -1.13. The molecule has 0 aliphatic heterocycles. The Morgan fingerprint density at radius 2 is 1.91 bits per heavy atom. The maximum Gasteiger partial charge on any atom is 0.248 e. The number of hydrogen-bond acceptors (Lipinski definition) is 3. The number of imidazole rings is 1. The van der Waals surface area contributed by atoms with Crippen molar-refractivity contribution in [2.75, 3.05) is 6.26 Å². The maximum absolute atomic E-state index is 12.1. The number of hydrogen-bond donors (Lipinski definition) is 1. The highest BCUT2D eigenvalue weighted by Crippen LogP contribution is 2.25. The van der Waals surface area contributed by atoms with E-state index < -0.39 is 10.8 Å². The van der Waals surface area contributed by atoms with Gasteiger partial charge in [0.15, 0.2) is 0 Å². The topological polar surface area (TPSA) is 67.8 Å². The van der Waals surface area contributed by atoms with E-state index in [2.05, 4.69) is 9.97 Å². The summed E-state index contributed by atoms with van der Waals surface area (Å²) in [6.07, 6.45) is 1.66. The van der Waals surface area contributed by atoms with E-state index in [1.165, 1.54) is 6.07 Å². The Morgan fingerprint density at radius 3 is 2.59 bits per heavy atom. The number of benzene rings is 1. The van der Waals surface area contributed by atoms with Crippen molar-refractivity contribution in [3.8, 4) is 5.69 Å². The first kappa shape index (κ1) is 14.7. The number of aromatic amines is 1. The van der Waals surface area contributed by atoms with Gasteiger partial charge in [-0.15, -0.1) is 0 Å². The number of pyridine rings is 1. The molecule has 0 aliphatic rings.